The molecule has 0 saturated carbocycles. The van der Waals surface area contributed by atoms with E-state index in [0.29, 0.717) is 18.0 Å². The van der Waals surface area contributed by atoms with Crippen molar-refractivity contribution in [3.05, 3.63) is 88.0 Å². The second-order valence-corrected chi connectivity index (χ2v) is 11.0. The molecule has 0 aliphatic rings. The molecule has 0 heterocycles. The number of rotatable bonds is 13. The van der Waals surface area contributed by atoms with E-state index in [1.165, 1.54) is 55.7 Å². The molecule has 202 valence electrons. The van der Waals surface area contributed by atoms with Gasteiger partial charge in [0.15, 0.2) is 4.90 Å². The van der Waals surface area contributed by atoms with Crippen LogP contribution in [0.2, 0.25) is 0 Å². The van der Waals surface area contributed by atoms with Crippen molar-refractivity contribution in [2.75, 3.05) is 37.4 Å². The lowest BCUT2D eigenvalue weighted by Gasteiger charge is -2.25. The molecule has 0 bridgehead atoms. The van der Waals surface area contributed by atoms with E-state index in [2.05, 4.69) is 11.4 Å². The first kappa shape index (κ1) is 28.8. The number of nitro benzene ring substituents is 1. The highest BCUT2D eigenvalue weighted by molar-refractivity contribution is 7.98. The Balaban J connectivity index is 1.82. The van der Waals surface area contributed by atoms with Crippen molar-refractivity contribution >= 4 is 39.1 Å². The Hall–Kier alpha value is -3.77. The van der Waals surface area contributed by atoms with Gasteiger partial charge in [-0.05, 0) is 36.2 Å². The number of benzene rings is 3. The normalized spacial score (nSPS) is 11.0. The Morgan fingerprint density at radius 1 is 1.05 bits per heavy atom. The standard InChI is InChI=1S/C26H29N3O7S2/c1-19-8-4-5-9-20(19)18-37-15-14-27-26(30)17-28(22-13-12-21(35-2)16-24(22)36-3)38(33,34)25-11-7-6-10-23(25)29(31)32/h4-13,16H,14-15,17-18H2,1-3H3,(H,27,30). The van der Waals surface area contributed by atoms with Gasteiger partial charge in [0.25, 0.3) is 15.7 Å². The van der Waals surface area contributed by atoms with Crippen molar-refractivity contribution < 1.29 is 27.6 Å². The topological polar surface area (TPSA) is 128 Å². The van der Waals surface area contributed by atoms with Gasteiger partial charge in [0.1, 0.15) is 18.0 Å². The number of para-hydroxylation sites is 1. The number of nitro groups is 1. The first-order chi connectivity index (χ1) is 18.2. The summed E-state index contributed by atoms with van der Waals surface area (Å²) in [6.45, 7) is 1.74. The molecule has 0 fully saturated rings. The molecule has 0 spiro atoms. The summed E-state index contributed by atoms with van der Waals surface area (Å²) in [6, 6.07) is 17.4. The van der Waals surface area contributed by atoms with E-state index in [9.17, 15) is 23.3 Å². The highest BCUT2D eigenvalue weighted by Crippen LogP contribution is 2.37. The van der Waals surface area contributed by atoms with Crippen LogP contribution in [-0.4, -0.2) is 52.3 Å². The fourth-order valence-corrected chi connectivity index (χ4v) is 6.16. The maximum atomic E-state index is 13.7. The van der Waals surface area contributed by atoms with Gasteiger partial charge < -0.3 is 14.8 Å². The van der Waals surface area contributed by atoms with Crippen LogP contribution in [0.5, 0.6) is 11.5 Å². The lowest BCUT2D eigenvalue weighted by molar-refractivity contribution is -0.387. The van der Waals surface area contributed by atoms with Crippen molar-refractivity contribution in [3.63, 3.8) is 0 Å². The SMILES string of the molecule is COc1ccc(N(CC(=O)NCCSCc2ccccc2C)S(=O)(=O)c2ccccc2[N+](=O)[O-])c(OC)c1. The number of nitrogens with zero attached hydrogens (tertiary/aromatic N) is 2. The number of hydrogen-bond donors (Lipinski definition) is 1. The molecule has 0 unspecified atom stereocenters. The molecule has 10 nitrogen and oxygen atoms in total. The van der Waals surface area contributed by atoms with E-state index >= 15 is 0 Å². The van der Waals surface area contributed by atoms with Gasteiger partial charge in [0, 0.05) is 30.2 Å². The second kappa shape index (κ2) is 13.2. The monoisotopic (exact) mass is 559 g/mol. The minimum Gasteiger partial charge on any atom is -0.497 e. The van der Waals surface area contributed by atoms with Gasteiger partial charge in [-0.3, -0.25) is 19.2 Å². The van der Waals surface area contributed by atoms with E-state index in [0.717, 1.165) is 22.2 Å². The number of anilines is 1. The molecule has 12 heteroatoms. The van der Waals surface area contributed by atoms with Crippen molar-refractivity contribution in [3.8, 4) is 11.5 Å². The van der Waals surface area contributed by atoms with Gasteiger partial charge in [-0.2, -0.15) is 11.8 Å². The predicted molar refractivity (Wildman–Crippen MR) is 148 cm³/mol. The number of thioether (sulfide) groups is 1. The van der Waals surface area contributed by atoms with E-state index < -0.39 is 38.0 Å². The number of amides is 1. The fourth-order valence-electron chi connectivity index (χ4n) is 3.64. The van der Waals surface area contributed by atoms with Crippen LogP contribution in [0.4, 0.5) is 11.4 Å². The van der Waals surface area contributed by atoms with Gasteiger partial charge >= 0.3 is 0 Å². The summed E-state index contributed by atoms with van der Waals surface area (Å²) in [4.78, 5) is 23.2. The third-order valence-electron chi connectivity index (χ3n) is 5.66. The minimum atomic E-state index is -4.55. The number of carbonyl (C=O) groups excluding carboxylic acids is 1. The summed E-state index contributed by atoms with van der Waals surface area (Å²) in [5, 5.41) is 14.3. The Morgan fingerprint density at radius 3 is 2.45 bits per heavy atom. The van der Waals surface area contributed by atoms with Gasteiger partial charge in [-0.1, -0.05) is 36.4 Å². The van der Waals surface area contributed by atoms with Crippen molar-refractivity contribution in [2.45, 2.75) is 17.6 Å². The zero-order valence-electron chi connectivity index (χ0n) is 21.2. The fraction of sp³-hybridized carbons (Fsp3) is 0.269. The van der Waals surface area contributed by atoms with Gasteiger partial charge in [-0.25, -0.2) is 8.42 Å². The number of hydrogen-bond acceptors (Lipinski definition) is 8. The summed E-state index contributed by atoms with van der Waals surface area (Å²) in [6.07, 6.45) is 0. The molecule has 0 aromatic heterocycles. The largest absolute Gasteiger partial charge is 0.497 e. The Labute approximate surface area is 226 Å². The first-order valence-electron chi connectivity index (χ1n) is 11.6. The highest BCUT2D eigenvalue weighted by atomic mass is 32.2. The molecule has 0 atom stereocenters. The Bertz CT molecular complexity index is 1400. The van der Waals surface area contributed by atoms with Crippen LogP contribution in [-0.2, 0) is 20.6 Å². The molecule has 1 amide bonds. The molecule has 0 aliphatic heterocycles. The van der Waals surface area contributed by atoms with Crippen molar-refractivity contribution in [2.24, 2.45) is 0 Å². The summed E-state index contributed by atoms with van der Waals surface area (Å²) in [5.74, 6) is 1.35. The molecular weight excluding hydrogens is 530 g/mol. The Kier molecular flexibility index (Phi) is 9.97. The van der Waals surface area contributed by atoms with Crippen molar-refractivity contribution in [1.29, 1.82) is 0 Å². The van der Waals surface area contributed by atoms with Crippen LogP contribution in [0.3, 0.4) is 0 Å². The van der Waals surface area contributed by atoms with Crippen molar-refractivity contribution in [1.82, 2.24) is 5.32 Å². The van der Waals surface area contributed by atoms with E-state index in [-0.39, 0.29) is 11.4 Å². The number of sulfonamides is 1. The molecule has 3 rings (SSSR count). The first-order valence-corrected chi connectivity index (χ1v) is 14.2. The van der Waals surface area contributed by atoms with Crippen LogP contribution < -0.4 is 19.1 Å². The number of ether oxygens (including phenoxy) is 2. The summed E-state index contributed by atoms with van der Waals surface area (Å²) >= 11 is 1.64. The lowest BCUT2D eigenvalue weighted by Crippen LogP contribution is -2.41. The Morgan fingerprint density at radius 2 is 1.76 bits per heavy atom. The van der Waals surface area contributed by atoms with E-state index in [1.54, 1.807) is 11.8 Å². The molecule has 3 aromatic carbocycles. The average Bonchev–Trinajstić information content (AvgIpc) is 2.92. The second-order valence-electron chi connectivity index (χ2n) is 8.10. The summed E-state index contributed by atoms with van der Waals surface area (Å²) < 4.78 is 38.8. The zero-order chi connectivity index (χ0) is 27.7. The number of carbonyl (C=O) groups is 1. The maximum absolute atomic E-state index is 13.7. The molecule has 38 heavy (non-hydrogen) atoms. The summed E-state index contributed by atoms with van der Waals surface area (Å²) in [5.41, 5.74) is 1.83. The summed E-state index contributed by atoms with van der Waals surface area (Å²) in [7, 11) is -1.76. The van der Waals surface area contributed by atoms with Gasteiger partial charge in [0.2, 0.25) is 5.91 Å². The van der Waals surface area contributed by atoms with Crippen LogP contribution in [0, 0.1) is 17.0 Å². The van der Waals surface area contributed by atoms with Crippen LogP contribution in [0.25, 0.3) is 0 Å². The molecule has 0 aliphatic carbocycles. The van der Waals surface area contributed by atoms with Crippen LogP contribution >= 0.6 is 11.8 Å². The third kappa shape index (κ3) is 6.95. The number of aryl methyl sites for hydroxylation is 1. The highest BCUT2D eigenvalue weighted by Gasteiger charge is 2.34. The van der Waals surface area contributed by atoms with Gasteiger partial charge in [-0.15, -0.1) is 0 Å². The third-order valence-corrected chi connectivity index (χ3v) is 8.48. The predicted octanol–water partition coefficient (Wildman–Crippen LogP) is 4.17. The van der Waals surface area contributed by atoms with E-state index in [4.69, 9.17) is 9.47 Å². The maximum Gasteiger partial charge on any atom is 0.289 e. The van der Waals surface area contributed by atoms with E-state index in [1.807, 2.05) is 25.1 Å². The molecular formula is C26H29N3O7S2. The molecule has 1 N–H and O–H groups in total. The van der Waals surface area contributed by atoms with Crippen LogP contribution in [0.1, 0.15) is 11.1 Å². The zero-order valence-corrected chi connectivity index (χ0v) is 22.9. The minimum absolute atomic E-state index is 0.0375. The number of nitrogens with one attached hydrogen (secondary N) is 1. The lowest BCUT2D eigenvalue weighted by atomic mass is 10.1. The number of methoxy groups -OCH3 is 2. The van der Waals surface area contributed by atoms with Crippen LogP contribution in [0.15, 0.2) is 71.6 Å². The average molecular weight is 560 g/mol. The smallest absolute Gasteiger partial charge is 0.289 e. The molecule has 0 saturated heterocycles. The quantitative estimate of drug-likeness (QED) is 0.188. The molecule has 3 aromatic rings. The van der Waals surface area contributed by atoms with Gasteiger partial charge in [0.05, 0.1) is 24.8 Å². The molecule has 0 radical (unpaired) electrons.